The van der Waals surface area contributed by atoms with Gasteiger partial charge in [-0.1, -0.05) is 77.3 Å². The number of hydrogen-bond donors (Lipinski definition) is 2. The van der Waals surface area contributed by atoms with E-state index in [1.165, 1.54) is 0 Å². The Morgan fingerprint density at radius 1 is 0.923 bits per heavy atom. The molecule has 10 heteroatoms. The van der Waals surface area contributed by atoms with Gasteiger partial charge in [-0.3, -0.25) is 4.79 Å². The van der Waals surface area contributed by atoms with Gasteiger partial charge in [0.2, 0.25) is 0 Å². The van der Waals surface area contributed by atoms with Gasteiger partial charge in [0.05, 0.1) is 21.9 Å². The van der Waals surface area contributed by atoms with Gasteiger partial charge in [0.1, 0.15) is 0 Å². The lowest BCUT2D eigenvalue weighted by Gasteiger charge is -2.42. The first-order valence-corrected chi connectivity index (χ1v) is 13.5. The fourth-order valence-corrected chi connectivity index (χ4v) is 5.78. The first-order valence-electron chi connectivity index (χ1n) is 12.4. The molecule has 200 valence electrons. The molecule has 7 nitrogen and oxygen atoms in total. The normalized spacial score (nSPS) is 14.7. The number of nitrogens with zero attached hydrogens (tertiary/aromatic N) is 3. The summed E-state index contributed by atoms with van der Waals surface area (Å²) in [5.41, 5.74) is 3.21. The number of rotatable bonds is 5. The second-order valence-electron chi connectivity index (χ2n) is 9.51. The molecule has 0 unspecified atom stereocenters. The number of halogens is 3. The monoisotopic (exact) mass is 582 g/mol. The van der Waals surface area contributed by atoms with Gasteiger partial charge in [0.15, 0.2) is 5.69 Å². The largest absolute Gasteiger partial charge is 0.465 e. The van der Waals surface area contributed by atoms with Crippen molar-refractivity contribution in [3.05, 3.63) is 105 Å². The predicted octanol–water partition coefficient (Wildman–Crippen LogP) is 7.21. The number of aromatic nitrogens is 2. The molecule has 0 saturated carbocycles. The van der Waals surface area contributed by atoms with Gasteiger partial charge in [-0.25, -0.2) is 9.48 Å². The average molecular weight is 584 g/mol. The van der Waals surface area contributed by atoms with Crippen LogP contribution in [-0.4, -0.2) is 44.9 Å². The molecule has 1 aliphatic heterocycles. The lowest BCUT2D eigenvalue weighted by atomic mass is 9.81. The van der Waals surface area contributed by atoms with E-state index in [-0.39, 0.29) is 5.91 Å². The smallest absolute Gasteiger partial charge is 0.405 e. The van der Waals surface area contributed by atoms with Crippen molar-refractivity contribution in [2.24, 2.45) is 0 Å². The number of likely N-dealkylation sites (tertiary alicyclic amines) is 1. The maximum absolute atomic E-state index is 13.8. The van der Waals surface area contributed by atoms with Crippen molar-refractivity contribution in [2.45, 2.75) is 25.3 Å². The molecule has 0 atom stereocenters. The second kappa shape index (κ2) is 10.9. The summed E-state index contributed by atoms with van der Waals surface area (Å²) in [6, 6.07) is 21.9. The summed E-state index contributed by atoms with van der Waals surface area (Å²) in [5.74, 6) is -0.233. The highest BCUT2D eigenvalue weighted by Gasteiger charge is 2.40. The number of carbonyl (C=O) groups is 2. The van der Waals surface area contributed by atoms with Crippen molar-refractivity contribution in [3.63, 3.8) is 0 Å². The van der Waals surface area contributed by atoms with Crippen molar-refractivity contribution in [2.75, 3.05) is 13.1 Å². The maximum Gasteiger partial charge on any atom is 0.405 e. The lowest BCUT2D eigenvalue weighted by Crippen LogP contribution is -2.53. The van der Waals surface area contributed by atoms with Crippen molar-refractivity contribution >= 4 is 46.8 Å². The Balaban J connectivity index is 1.51. The van der Waals surface area contributed by atoms with Crippen LogP contribution in [0.25, 0.3) is 16.9 Å². The quantitative estimate of drug-likeness (QED) is 0.260. The molecule has 5 rings (SSSR count). The summed E-state index contributed by atoms with van der Waals surface area (Å²) in [7, 11) is 0. The highest BCUT2D eigenvalue weighted by Crippen LogP contribution is 2.36. The summed E-state index contributed by atoms with van der Waals surface area (Å²) in [4.78, 5) is 27.2. The molecule has 2 heterocycles. The van der Waals surface area contributed by atoms with Crippen LogP contribution in [0, 0.1) is 6.92 Å². The zero-order valence-corrected chi connectivity index (χ0v) is 23.3. The molecule has 2 N–H and O–H groups in total. The maximum atomic E-state index is 13.8. The third-order valence-corrected chi connectivity index (χ3v) is 7.95. The number of carbonyl (C=O) groups excluding carboxylic acids is 1. The standard InChI is InChI=1S/C29H25Cl3N4O3/c1-18-25(27(37)35-15-13-29(14-16-35,33-28(38)39)20-5-3-2-4-6-20)34-36(24-12-11-22(31)17-23(24)32)26(18)19-7-9-21(30)10-8-19/h2-12,17,33H,13-16H2,1H3,(H,38,39). The molecule has 0 bridgehead atoms. The Bertz CT molecular complexity index is 1530. The Hall–Kier alpha value is -3.52. The van der Waals surface area contributed by atoms with E-state index < -0.39 is 11.6 Å². The van der Waals surface area contributed by atoms with E-state index in [2.05, 4.69) is 5.32 Å². The average Bonchev–Trinajstić information content (AvgIpc) is 3.26. The summed E-state index contributed by atoms with van der Waals surface area (Å²) in [5, 5.41) is 18.5. The van der Waals surface area contributed by atoms with E-state index in [0.717, 1.165) is 11.1 Å². The minimum atomic E-state index is -1.10. The molecule has 1 fully saturated rings. The summed E-state index contributed by atoms with van der Waals surface area (Å²) < 4.78 is 1.66. The van der Waals surface area contributed by atoms with E-state index in [0.29, 0.717) is 63.6 Å². The lowest BCUT2D eigenvalue weighted by molar-refractivity contribution is 0.0631. The zero-order valence-electron chi connectivity index (χ0n) is 21.0. The van der Waals surface area contributed by atoms with Gasteiger partial charge in [-0.05, 0) is 55.7 Å². The molecule has 3 aromatic carbocycles. The minimum absolute atomic E-state index is 0.233. The van der Waals surface area contributed by atoms with E-state index in [9.17, 15) is 14.7 Å². The first kappa shape index (κ1) is 27.1. The molecule has 1 aromatic heterocycles. The van der Waals surface area contributed by atoms with Gasteiger partial charge < -0.3 is 15.3 Å². The number of piperidine rings is 1. The van der Waals surface area contributed by atoms with Crippen LogP contribution in [0.15, 0.2) is 72.8 Å². The molecule has 0 spiro atoms. The number of hydrogen-bond acceptors (Lipinski definition) is 3. The SMILES string of the molecule is Cc1c(C(=O)N2CCC(NC(=O)O)(c3ccccc3)CC2)nn(-c2ccc(Cl)cc2Cl)c1-c1ccc(Cl)cc1. The van der Waals surface area contributed by atoms with Crippen molar-refractivity contribution in [1.29, 1.82) is 0 Å². The van der Waals surface area contributed by atoms with Gasteiger partial charge in [-0.2, -0.15) is 5.10 Å². The van der Waals surface area contributed by atoms with Crippen LogP contribution in [0.4, 0.5) is 4.79 Å². The highest BCUT2D eigenvalue weighted by molar-refractivity contribution is 6.35. The molecular weight excluding hydrogens is 559 g/mol. The van der Waals surface area contributed by atoms with Crippen LogP contribution in [0.1, 0.15) is 34.5 Å². The van der Waals surface area contributed by atoms with Crippen molar-refractivity contribution in [3.8, 4) is 16.9 Å². The Morgan fingerprint density at radius 3 is 2.18 bits per heavy atom. The van der Waals surface area contributed by atoms with Crippen molar-refractivity contribution in [1.82, 2.24) is 20.0 Å². The molecule has 1 aliphatic rings. The van der Waals surface area contributed by atoms with Crippen LogP contribution in [0.5, 0.6) is 0 Å². The van der Waals surface area contributed by atoms with E-state index in [1.807, 2.05) is 49.4 Å². The second-order valence-corrected chi connectivity index (χ2v) is 10.8. The number of amides is 2. The van der Waals surface area contributed by atoms with Gasteiger partial charge in [-0.15, -0.1) is 0 Å². The predicted molar refractivity (Wildman–Crippen MR) is 153 cm³/mol. The van der Waals surface area contributed by atoms with E-state index in [1.54, 1.807) is 39.9 Å². The Morgan fingerprint density at radius 2 is 1.56 bits per heavy atom. The van der Waals surface area contributed by atoms with Crippen LogP contribution in [-0.2, 0) is 5.54 Å². The zero-order chi connectivity index (χ0) is 27.7. The molecule has 1 saturated heterocycles. The fraction of sp³-hybridized carbons (Fsp3) is 0.207. The molecule has 0 radical (unpaired) electrons. The minimum Gasteiger partial charge on any atom is -0.465 e. The van der Waals surface area contributed by atoms with Gasteiger partial charge >= 0.3 is 6.09 Å². The van der Waals surface area contributed by atoms with Crippen LogP contribution in [0.2, 0.25) is 15.1 Å². The molecule has 4 aromatic rings. The third kappa shape index (κ3) is 5.35. The molecular formula is C29H25Cl3N4O3. The van der Waals surface area contributed by atoms with Crippen LogP contribution >= 0.6 is 34.8 Å². The molecule has 2 amide bonds. The topological polar surface area (TPSA) is 87.5 Å². The van der Waals surface area contributed by atoms with E-state index in [4.69, 9.17) is 39.9 Å². The number of nitrogens with one attached hydrogen (secondary N) is 1. The summed E-state index contributed by atoms with van der Waals surface area (Å²) in [6.45, 7) is 2.57. The summed E-state index contributed by atoms with van der Waals surface area (Å²) in [6.07, 6.45) is -0.232. The molecule has 39 heavy (non-hydrogen) atoms. The first-order chi connectivity index (χ1) is 18.7. The van der Waals surface area contributed by atoms with Gasteiger partial charge in [0.25, 0.3) is 5.91 Å². The van der Waals surface area contributed by atoms with E-state index >= 15 is 0 Å². The third-order valence-electron chi connectivity index (χ3n) is 7.16. The number of carboxylic acid groups (broad SMARTS) is 1. The summed E-state index contributed by atoms with van der Waals surface area (Å²) >= 11 is 18.8. The highest BCUT2D eigenvalue weighted by atomic mass is 35.5. The van der Waals surface area contributed by atoms with Crippen LogP contribution < -0.4 is 5.32 Å². The van der Waals surface area contributed by atoms with Crippen molar-refractivity contribution < 1.29 is 14.7 Å². The van der Waals surface area contributed by atoms with Gasteiger partial charge in [0, 0.05) is 34.3 Å². The molecule has 0 aliphatic carbocycles. The van der Waals surface area contributed by atoms with Crippen LogP contribution in [0.3, 0.4) is 0 Å². The Kier molecular flexibility index (Phi) is 7.58. The Labute approximate surface area is 240 Å². The number of benzene rings is 3. The fourth-order valence-electron chi connectivity index (χ4n) is 5.16.